The van der Waals surface area contributed by atoms with Gasteiger partial charge in [0, 0.05) is 18.5 Å². The average molecular weight is 301 g/mol. The maximum Gasteiger partial charge on any atom is 0.305 e. The smallest absolute Gasteiger partial charge is 0.305 e. The van der Waals surface area contributed by atoms with Crippen LogP contribution in [0.3, 0.4) is 0 Å². The molecular formula is C14H21ClN2O3. The topological polar surface area (TPSA) is 81.4 Å². The number of carbonyl (C=O) groups is 2. The Bertz CT molecular complexity index is 421. The highest BCUT2D eigenvalue weighted by atomic mass is 35.5. The van der Waals surface area contributed by atoms with E-state index in [9.17, 15) is 9.59 Å². The summed E-state index contributed by atoms with van der Waals surface area (Å²) in [4.78, 5) is 22.5. The summed E-state index contributed by atoms with van der Waals surface area (Å²) < 4.78 is 4.58. The van der Waals surface area contributed by atoms with Gasteiger partial charge in [-0.1, -0.05) is 12.1 Å². The zero-order valence-corrected chi connectivity index (χ0v) is 12.4. The van der Waals surface area contributed by atoms with Crippen LogP contribution >= 0.6 is 12.4 Å². The van der Waals surface area contributed by atoms with Crippen LogP contribution in [0.15, 0.2) is 24.3 Å². The first-order valence-corrected chi connectivity index (χ1v) is 6.31. The fourth-order valence-corrected chi connectivity index (χ4v) is 1.59. The van der Waals surface area contributed by atoms with Crippen LogP contribution in [0.4, 0.5) is 5.69 Å². The van der Waals surface area contributed by atoms with Gasteiger partial charge in [0.15, 0.2) is 0 Å². The van der Waals surface area contributed by atoms with E-state index >= 15 is 0 Å². The van der Waals surface area contributed by atoms with E-state index in [2.05, 4.69) is 10.1 Å². The Kier molecular flexibility index (Phi) is 9.41. The minimum Gasteiger partial charge on any atom is -0.469 e. The molecule has 0 radical (unpaired) electrons. The molecule has 1 rings (SSSR count). The van der Waals surface area contributed by atoms with Gasteiger partial charge in [0.05, 0.1) is 7.11 Å². The number of carbonyl (C=O) groups excluding carboxylic acids is 2. The van der Waals surface area contributed by atoms with Gasteiger partial charge in [-0.05, 0) is 37.1 Å². The van der Waals surface area contributed by atoms with Crippen molar-refractivity contribution in [2.75, 3.05) is 19.0 Å². The third-order valence-corrected chi connectivity index (χ3v) is 2.69. The Morgan fingerprint density at radius 3 is 2.40 bits per heavy atom. The molecule has 0 aromatic heterocycles. The molecule has 1 aromatic rings. The fraction of sp³-hybridized carbons (Fsp3) is 0.429. The summed E-state index contributed by atoms with van der Waals surface area (Å²) in [5.74, 6) is -0.257. The lowest BCUT2D eigenvalue weighted by atomic mass is 10.1. The molecule has 5 nitrogen and oxygen atoms in total. The van der Waals surface area contributed by atoms with Crippen LogP contribution in [-0.4, -0.2) is 25.5 Å². The minimum absolute atomic E-state index is 0. The van der Waals surface area contributed by atoms with E-state index < -0.39 is 0 Å². The molecule has 1 amide bonds. The molecule has 3 N–H and O–H groups in total. The molecular weight excluding hydrogens is 280 g/mol. The number of rotatable bonds is 7. The summed E-state index contributed by atoms with van der Waals surface area (Å²) >= 11 is 0. The highest BCUT2D eigenvalue weighted by molar-refractivity contribution is 5.90. The quantitative estimate of drug-likeness (QED) is 0.754. The molecule has 0 bridgehead atoms. The zero-order chi connectivity index (χ0) is 14.1. The van der Waals surface area contributed by atoms with Crippen molar-refractivity contribution in [2.45, 2.75) is 25.7 Å². The molecule has 0 aliphatic carbocycles. The van der Waals surface area contributed by atoms with E-state index in [0.29, 0.717) is 32.2 Å². The van der Waals surface area contributed by atoms with Crippen molar-refractivity contribution < 1.29 is 14.3 Å². The first-order chi connectivity index (χ1) is 9.15. The van der Waals surface area contributed by atoms with Crippen molar-refractivity contribution in [1.29, 1.82) is 0 Å². The Morgan fingerprint density at radius 1 is 1.20 bits per heavy atom. The van der Waals surface area contributed by atoms with Gasteiger partial charge in [-0.15, -0.1) is 12.4 Å². The Balaban J connectivity index is 0.00000361. The second kappa shape index (κ2) is 10.2. The second-order valence-corrected chi connectivity index (χ2v) is 4.21. The standard InChI is InChI=1S/C14H20N2O3.ClH/c1-19-14(18)9-6-11-4-7-12(8-5-11)16-13(17)3-2-10-15;/h4-5,7-8H,2-3,6,9-10,15H2,1H3,(H,16,17);1H. The number of ether oxygens (including phenoxy) is 1. The molecule has 0 atom stereocenters. The number of esters is 1. The summed E-state index contributed by atoms with van der Waals surface area (Å²) in [5.41, 5.74) is 7.13. The molecule has 0 saturated carbocycles. The number of anilines is 1. The molecule has 6 heteroatoms. The van der Waals surface area contributed by atoms with Crippen LogP contribution in [0.2, 0.25) is 0 Å². The Hall–Kier alpha value is -1.59. The summed E-state index contributed by atoms with van der Waals surface area (Å²) in [6.07, 6.45) is 2.11. The van der Waals surface area contributed by atoms with Gasteiger partial charge in [-0.3, -0.25) is 9.59 Å². The van der Waals surface area contributed by atoms with Gasteiger partial charge in [-0.25, -0.2) is 0 Å². The van der Waals surface area contributed by atoms with Gasteiger partial charge >= 0.3 is 5.97 Å². The number of hydrogen-bond acceptors (Lipinski definition) is 4. The predicted molar refractivity (Wildman–Crippen MR) is 80.9 cm³/mol. The molecule has 0 fully saturated rings. The number of benzene rings is 1. The van der Waals surface area contributed by atoms with Crippen LogP contribution < -0.4 is 11.1 Å². The predicted octanol–water partition coefficient (Wildman–Crippen LogP) is 1.89. The molecule has 0 heterocycles. The van der Waals surface area contributed by atoms with E-state index in [1.807, 2.05) is 24.3 Å². The molecule has 0 aliphatic heterocycles. The van der Waals surface area contributed by atoms with Crippen molar-refractivity contribution in [3.8, 4) is 0 Å². The van der Waals surface area contributed by atoms with E-state index in [1.54, 1.807) is 0 Å². The maximum atomic E-state index is 11.5. The Labute approximate surface area is 125 Å². The Morgan fingerprint density at radius 2 is 1.85 bits per heavy atom. The molecule has 1 aromatic carbocycles. The number of hydrogen-bond donors (Lipinski definition) is 2. The minimum atomic E-state index is -0.223. The summed E-state index contributed by atoms with van der Waals surface area (Å²) in [5, 5.41) is 2.79. The second-order valence-electron chi connectivity index (χ2n) is 4.21. The van der Waals surface area contributed by atoms with Crippen LogP contribution in [-0.2, 0) is 20.7 Å². The van der Waals surface area contributed by atoms with Crippen LogP contribution in [0.1, 0.15) is 24.8 Å². The van der Waals surface area contributed by atoms with Gasteiger partial charge in [0.2, 0.25) is 5.91 Å². The summed E-state index contributed by atoms with van der Waals surface area (Å²) in [6, 6.07) is 7.43. The molecule has 0 unspecified atom stereocenters. The zero-order valence-electron chi connectivity index (χ0n) is 11.6. The summed E-state index contributed by atoms with van der Waals surface area (Å²) in [7, 11) is 1.38. The number of amides is 1. The molecule has 20 heavy (non-hydrogen) atoms. The van der Waals surface area contributed by atoms with Crippen LogP contribution in [0.25, 0.3) is 0 Å². The SMILES string of the molecule is COC(=O)CCc1ccc(NC(=O)CCCN)cc1.Cl. The normalized spacial score (nSPS) is 9.50. The number of halogens is 1. The highest BCUT2D eigenvalue weighted by Gasteiger charge is 2.03. The van der Waals surface area contributed by atoms with Crippen LogP contribution in [0.5, 0.6) is 0 Å². The monoisotopic (exact) mass is 300 g/mol. The van der Waals surface area contributed by atoms with Crippen molar-refractivity contribution >= 4 is 30.0 Å². The fourth-order valence-electron chi connectivity index (χ4n) is 1.59. The molecule has 0 saturated heterocycles. The van der Waals surface area contributed by atoms with Crippen molar-refractivity contribution in [3.63, 3.8) is 0 Å². The van der Waals surface area contributed by atoms with E-state index in [1.165, 1.54) is 7.11 Å². The lowest BCUT2D eigenvalue weighted by molar-refractivity contribution is -0.140. The van der Waals surface area contributed by atoms with Crippen molar-refractivity contribution in [3.05, 3.63) is 29.8 Å². The van der Waals surface area contributed by atoms with Crippen molar-refractivity contribution in [1.82, 2.24) is 0 Å². The third kappa shape index (κ3) is 7.11. The first-order valence-electron chi connectivity index (χ1n) is 6.31. The number of nitrogens with two attached hydrogens (primary N) is 1. The maximum absolute atomic E-state index is 11.5. The lowest BCUT2D eigenvalue weighted by Gasteiger charge is -2.06. The van der Waals surface area contributed by atoms with E-state index in [0.717, 1.165) is 11.3 Å². The first kappa shape index (κ1) is 18.4. The number of aryl methyl sites for hydroxylation is 1. The third-order valence-electron chi connectivity index (χ3n) is 2.69. The molecule has 112 valence electrons. The van der Waals surface area contributed by atoms with E-state index in [-0.39, 0.29) is 24.3 Å². The van der Waals surface area contributed by atoms with Gasteiger partial charge in [0.25, 0.3) is 0 Å². The van der Waals surface area contributed by atoms with Gasteiger partial charge in [-0.2, -0.15) is 0 Å². The van der Waals surface area contributed by atoms with Gasteiger partial charge < -0.3 is 15.8 Å². The number of methoxy groups -OCH3 is 1. The van der Waals surface area contributed by atoms with E-state index in [4.69, 9.17) is 5.73 Å². The average Bonchev–Trinajstić information content (AvgIpc) is 2.44. The highest BCUT2D eigenvalue weighted by Crippen LogP contribution is 2.11. The van der Waals surface area contributed by atoms with Crippen molar-refractivity contribution in [2.24, 2.45) is 5.73 Å². The summed E-state index contributed by atoms with van der Waals surface area (Å²) in [6.45, 7) is 0.514. The molecule has 0 spiro atoms. The van der Waals surface area contributed by atoms with Crippen LogP contribution in [0, 0.1) is 0 Å². The molecule has 0 aliphatic rings. The van der Waals surface area contributed by atoms with Gasteiger partial charge in [0.1, 0.15) is 0 Å². The lowest BCUT2D eigenvalue weighted by Crippen LogP contribution is -2.13. The largest absolute Gasteiger partial charge is 0.469 e. The number of nitrogens with one attached hydrogen (secondary N) is 1.